The number of aliphatic hydroxyl groups is 1. The predicted octanol–water partition coefficient (Wildman–Crippen LogP) is 2.60. The lowest BCUT2D eigenvalue weighted by Gasteiger charge is -2.39. The third-order valence-corrected chi connectivity index (χ3v) is 9.47. The van der Waals surface area contributed by atoms with Crippen LogP contribution in [0.2, 0.25) is 18.1 Å². The molecule has 1 aliphatic rings. The Morgan fingerprint density at radius 1 is 1.36 bits per heavy atom. The first-order valence-corrected chi connectivity index (χ1v) is 10.6. The molecule has 4 atom stereocenters. The summed E-state index contributed by atoms with van der Waals surface area (Å²) >= 11 is 0. The molecule has 0 aromatic heterocycles. The fraction of sp³-hybridized carbons (Fsp3) is 0.750. The summed E-state index contributed by atoms with van der Waals surface area (Å²) in [5.41, 5.74) is 0. The lowest BCUT2D eigenvalue weighted by atomic mass is 9.90. The zero-order chi connectivity index (χ0) is 17.1. The zero-order valence-electron chi connectivity index (χ0n) is 14.1. The Labute approximate surface area is 133 Å². The Balaban J connectivity index is 2.99. The summed E-state index contributed by atoms with van der Waals surface area (Å²) in [6.45, 7) is 10.7. The van der Waals surface area contributed by atoms with Crippen LogP contribution in [0.3, 0.4) is 0 Å². The number of aliphatic hydroxyl groups excluding tert-OH is 1. The monoisotopic (exact) mass is 328 g/mol. The van der Waals surface area contributed by atoms with Crippen LogP contribution in [0.25, 0.3) is 0 Å². The van der Waals surface area contributed by atoms with Gasteiger partial charge in [0.05, 0.1) is 18.6 Å². The maximum atomic E-state index is 11.0. The summed E-state index contributed by atoms with van der Waals surface area (Å²) in [6, 6.07) is 0. The Morgan fingerprint density at radius 3 is 2.41 bits per heavy atom. The Morgan fingerprint density at radius 2 is 1.95 bits per heavy atom. The van der Waals surface area contributed by atoms with E-state index in [4.69, 9.17) is 9.53 Å². The molecule has 0 aromatic rings. The van der Waals surface area contributed by atoms with E-state index in [2.05, 4.69) is 33.9 Å². The summed E-state index contributed by atoms with van der Waals surface area (Å²) < 4.78 is 6.37. The summed E-state index contributed by atoms with van der Waals surface area (Å²) in [5.74, 6) is -1.60. The maximum Gasteiger partial charge on any atom is 0.303 e. The summed E-state index contributed by atoms with van der Waals surface area (Å²) in [5, 5.41) is 19.3. The molecular weight excluding hydrogens is 300 g/mol. The number of carbonyl (C=O) groups is 2. The van der Waals surface area contributed by atoms with E-state index in [0.29, 0.717) is 12.7 Å². The number of carboxylic acids is 1. The Kier molecular flexibility index (Phi) is 6.12. The predicted molar refractivity (Wildman–Crippen MR) is 87.1 cm³/mol. The highest BCUT2D eigenvalue weighted by molar-refractivity contribution is 6.74. The lowest BCUT2D eigenvalue weighted by Crippen LogP contribution is -2.45. The minimum absolute atomic E-state index is 0.0295. The molecule has 2 N–H and O–H groups in total. The van der Waals surface area contributed by atoms with Crippen LogP contribution in [-0.2, 0) is 14.0 Å². The number of allylic oxidation sites excluding steroid dienone is 1. The van der Waals surface area contributed by atoms with E-state index in [1.54, 1.807) is 6.08 Å². The van der Waals surface area contributed by atoms with Crippen LogP contribution in [0.1, 0.15) is 33.6 Å². The van der Waals surface area contributed by atoms with Gasteiger partial charge in [-0.25, -0.2) is 0 Å². The Hall–Kier alpha value is -0.983. The van der Waals surface area contributed by atoms with Gasteiger partial charge in [-0.1, -0.05) is 26.8 Å². The SMILES string of the molecule is CC(C)(C)[Si](C)(C)O[C@H]1C[C@@H](O)[C@@H](CC(=O)O)[C@@H]1C=CC=O. The number of carbonyl (C=O) groups excluding carboxylic acids is 1. The molecule has 22 heavy (non-hydrogen) atoms. The molecule has 1 fully saturated rings. The fourth-order valence-electron chi connectivity index (χ4n) is 2.70. The molecule has 126 valence electrons. The number of aliphatic carboxylic acids is 1. The number of hydrogen-bond acceptors (Lipinski definition) is 4. The highest BCUT2D eigenvalue weighted by Crippen LogP contribution is 2.43. The first-order valence-electron chi connectivity index (χ1n) is 7.69. The van der Waals surface area contributed by atoms with E-state index in [1.165, 1.54) is 6.08 Å². The molecule has 6 heteroatoms. The van der Waals surface area contributed by atoms with Crippen molar-refractivity contribution in [2.75, 3.05) is 0 Å². The van der Waals surface area contributed by atoms with Gasteiger partial charge < -0.3 is 14.6 Å². The minimum atomic E-state index is -2.03. The van der Waals surface area contributed by atoms with Gasteiger partial charge in [-0.2, -0.15) is 0 Å². The second kappa shape index (κ2) is 7.06. The molecule has 1 aliphatic carbocycles. The van der Waals surface area contributed by atoms with Crippen molar-refractivity contribution in [1.82, 2.24) is 0 Å². The third-order valence-electron chi connectivity index (χ3n) is 4.97. The van der Waals surface area contributed by atoms with E-state index in [0.717, 1.165) is 0 Å². The van der Waals surface area contributed by atoms with E-state index in [-0.39, 0.29) is 23.5 Å². The van der Waals surface area contributed by atoms with Gasteiger partial charge in [0.2, 0.25) is 0 Å². The first kappa shape index (κ1) is 19.1. The summed E-state index contributed by atoms with van der Waals surface area (Å²) in [4.78, 5) is 21.7. The van der Waals surface area contributed by atoms with E-state index >= 15 is 0 Å². The van der Waals surface area contributed by atoms with Crippen molar-refractivity contribution in [3.05, 3.63) is 12.2 Å². The fourth-order valence-corrected chi connectivity index (χ4v) is 4.06. The van der Waals surface area contributed by atoms with Gasteiger partial charge in [0, 0.05) is 11.8 Å². The number of aldehydes is 1. The lowest BCUT2D eigenvalue weighted by molar-refractivity contribution is -0.139. The van der Waals surface area contributed by atoms with Crippen molar-refractivity contribution in [2.45, 2.75) is 64.0 Å². The number of carboxylic acid groups (broad SMARTS) is 1. The molecule has 0 spiro atoms. The van der Waals surface area contributed by atoms with E-state index in [9.17, 15) is 14.7 Å². The van der Waals surface area contributed by atoms with Crippen molar-refractivity contribution >= 4 is 20.6 Å². The smallest absolute Gasteiger partial charge is 0.303 e. The largest absolute Gasteiger partial charge is 0.481 e. The average molecular weight is 328 g/mol. The van der Waals surface area contributed by atoms with Gasteiger partial charge >= 0.3 is 5.97 Å². The molecule has 0 radical (unpaired) electrons. The van der Waals surface area contributed by atoms with Crippen LogP contribution in [-0.4, -0.2) is 43.0 Å². The molecule has 0 aliphatic heterocycles. The topological polar surface area (TPSA) is 83.8 Å². The molecule has 1 saturated carbocycles. The van der Waals surface area contributed by atoms with Gasteiger partial charge in [0.25, 0.3) is 0 Å². The number of rotatable bonds is 6. The first-order chi connectivity index (χ1) is 9.99. The molecule has 5 nitrogen and oxygen atoms in total. The van der Waals surface area contributed by atoms with Crippen molar-refractivity contribution in [3.8, 4) is 0 Å². The van der Waals surface area contributed by atoms with Gasteiger partial charge in [0.1, 0.15) is 6.29 Å². The maximum absolute atomic E-state index is 11.0. The number of hydrogen-bond donors (Lipinski definition) is 2. The van der Waals surface area contributed by atoms with Crippen LogP contribution >= 0.6 is 0 Å². The highest BCUT2D eigenvalue weighted by Gasteiger charge is 2.47. The molecule has 0 aromatic carbocycles. The molecule has 0 unspecified atom stereocenters. The second-order valence-corrected chi connectivity index (χ2v) is 12.3. The van der Waals surface area contributed by atoms with Crippen LogP contribution in [0, 0.1) is 11.8 Å². The van der Waals surface area contributed by atoms with E-state index in [1.807, 2.05) is 0 Å². The van der Waals surface area contributed by atoms with E-state index < -0.39 is 26.3 Å². The van der Waals surface area contributed by atoms with Crippen LogP contribution < -0.4 is 0 Å². The summed E-state index contributed by atoms with van der Waals surface area (Å²) in [7, 11) is -2.03. The standard InChI is InChI=1S/C16H28O5Si/c1-16(2,3)22(4,5)21-14-10-13(18)12(9-15(19)20)11(14)7-6-8-17/h6-8,11-14,18H,9-10H2,1-5H3,(H,19,20)/t11-,12-,13+,14-/m0/s1. The van der Waals surface area contributed by atoms with Crippen molar-refractivity contribution < 1.29 is 24.2 Å². The van der Waals surface area contributed by atoms with Crippen LogP contribution in [0.15, 0.2) is 12.2 Å². The van der Waals surface area contributed by atoms with Crippen molar-refractivity contribution in [2.24, 2.45) is 11.8 Å². The highest BCUT2D eigenvalue weighted by atomic mass is 28.4. The van der Waals surface area contributed by atoms with Crippen LogP contribution in [0.5, 0.6) is 0 Å². The van der Waals surface area contributed by atoms with Gasteiger partial charge in [-0.3, -0.25) is 9.59 Å². The quantitative estimate of drug-likeness (QED) is 0.445. The zero-order valence-corrected chi connectivity index (χ0v) is 15.1. The molecule has 1 rings (SSSR count). The third kappa shape index (κ3) is 4.51. The molecule has 0 amide bonds. The summed E-state index contributed by atoms with van der Waals surface area (Å²) in [6.07, 6.45) is 3.08. The molecule has 0 saturated heterocycles. The molecule has 0 bridgehead atoms. The minimum Gasteiger partial charge on any atom is -0.481 e. The van der Waals surface area contributed by atoms with Crippen molar-refractivity contribution in [1.29, 1.82) is 0 Å². The van der Waals surface area contributed by atoms with Gasteiger partial charge in [-0.05, 0) is 30.6 Å². The van der Waals surface area contributed by atoms with Gasteiger partial charge in [-0.15, -0.1) is 0 Å². The van der Waals surface area contributed by atoms with Gasteiger partial charge in [0.15, 0.2) is 8.32 Å². The molecular formula is C16H28O5Si. The average Bonchev–Trinajstić information content (AvgIpc) is 2.60. The second-order valence-electron chi connectivity index (χ2n) is 7.58. The van der Waals surface area contributed by atoms with Crippen LogP contribution in [0.4, 0.5) is 0 Å². The normalized spacial score (nSPS) is 29.9. The Bertz CT molecular complexity index is 438. The molecule has 0 heterocycles. The van der Waals surface area contributed by atoms with Crippen molar-refractivity contribution in [3.63, 3.8) is 0 Å².